The van der Waals surface area contributed by atoms with Crippen LogP contribution in [-0.4, -0.2) is 41.1 Å². The number of ether oxygens (including phenoxy) is 1. The zero-order valence-corrected chi connectivity index (χ0v) is 16.8. The number of hydrogen-bond acceptors (Lipinski definition) is 5. The predicted molar refractivity (Wildman–Crippen MR) is 100 cm³/mol. The zero-order valence-electron chi connectivity index (χ0n) is 15.3. The highest BCUT2D eigenvalue weighted by molar-refractivity contribution is 9.10. The number of carbonyl (C=O) groups is 2. The minimum atomic E-state index is -0.567. The molecule has 1 aromatic carbocycles. The third-order valence-electron chi connectivity index (χ3n) is 4.11. The minimum Gasteiger partial charge on any atom is -0.444 e. The van der Waals surface area contributed by atoms with E-state index in [2.05, 4.69) is 26.2 Å². The van der Waals surface area contributed by atoms with E-state index in [9.17, 15) is 9.59 Å². The lowest BCUT2D eigenvalue weighted by atomic mass is 10.2. The second-order valence-corrected chi connectivity index (χ2v) is 8.18. The molecule has 0 saturated carbocycles. The molecule has 1 saturated heterocycles. The van der Waals surface area contributed by atoms with Crippen molar-refractivity contribution in [2.24, 2.45) is 0 Å². The standard InChI is InChI=1S/C18H22BrN3O4/c1-18(2,3)26-17(24)22-7-5-6-12(22)16-21-14-11(15(23)20-4)8-10(19)9-13(14)25-16/h8-9,12H,5-7H2,1-4H3,(H,20,23)/t12-/m0/s1. The highest BCUT2D eigenvalue weighted by atomic mass is 79.9. The molecule has 1 atom stereocenters. The Labute approximate surface area is 160 Å². The fourth-order valence-corrected chi connectivity index (χ4v) is 3.46. The largest absolute Gasteiger partial charge is 0.444 e. The van der Waals surface area contributed by atoms with Crippen molar-refractivity contribution >= 4 is 39.0 Å². The average molecular weight is 424 g/mol. The van der Waals surface area contributed by atoms with E-state index in [1.807, 2.05) is 20.8 Å². The van der Waals surface area contributed by atoms with Crippen LogP contribution in [0.15, 0.2) is 21.0 Å². The number of benzene rings is 1. The first kappa shape index (κ1) is 18.7. The Bertz CT molecular complexity index is 856. The van der Waals surface area contributed by atoms with E-state index >= 15 is 0 Å². The highest BCUT2D eigenvalue weighted by Crippen LogP contribution is 2.35. The van der Waals surface area contributed by atoms with E-state index < -0.39 is 5.60 Å². The van der Waals surface area contributed by atoms with Gasteiger partial charge in [-0.1, -0.05) is 15.9 Å². The van der Waals surface area contributed by atoms with Crippen LogP contribution in [0.4, 0.5) is 4.79 Å². The Morgan fingerprint density at radius 2 is 2.12 bits per heavy atom. The third kappa shape index (κ3) is 3.70. The Morgan fingerprint density at radius 3 is 2.77 bits per heavy atom. The van der Waals surface area contributed by atoms with Gasteiger partial charge in [0.15, 0.2) is 5.58 Å². The van der Waals surface area contributed by atoms with Crippen molar-refractivity contribution in [3.63, 3.8) is 0 Å². The van der Waals surface area contributed by atoms with Gasteiger partial charge in [-0.25, -0.2) is 9.78 Å². The second kappa shape index (κ2) is 6.90. The first-order chi connectivity index (χ1) is 12.2. The van der Waals surface area contributed by atoms with Crippen molar-refractivity contribution in [3.05, 3.63) is 28.1 Å². The zero-order chi connectivity index (χ0) is 19.1. The summed E-state index contributed by atoms with van der Waals surface area (Å²) in [6.07, 6.45) is 1.20. The maximum Gasteiger partial charge on any atom is 0.410 e. The van der Waals surface area contributed by atoms with Gasteiger partial charge in [0, 0.05) is 18.1 Å². The summed E-state index contributed by atoms with van der Waals surface area (Å²) >= 11 is 3.39. The smallest absolute Gasteiger partial charge is 0.410 e. The van der Waals surface area contributed by atoms with Gasteiger partial charge in [-0.15, -0.1) is 0 Å². The molecule has 0 bridgehead atoms. The lowest BCUT2D eigenvalue weighted by molar-refractivity contribution is 0.0205. The molecule has 26 heavy (non-hydrogen) atoms. The topological polar surface area (TPSA) is 84.7 Å². The quantitative estimate of drug-likeness (QED) is 0.787. The molecule has 1 aliphatic rings. The molecule has 1 aliphatic heterocycles. The molecule has 2 amide bonds. The summed E-state index contributed by atoms with van der Waals surface area (Å²) in [6.45, 7) is 6.10. The van der Waals surface area contributed by atoms with Crippen LogP contribution in [0.5, 0.6) is 0 Å². The predicted octanol–water partition coefficient (Wildman–Crippen LogP) is 4.02. The van der Waals surface area contributed by atoms with E-state index in [0.29, 0.717) is 29.1 Å². The van der Waals surface area contributed by atoms with Crippen LogP contribution in [0.3, 0.4) is 0 Å². The van der Waals surface area contributed by atoms with Gasteiger partial charge < -0.3 is 14.5 Å². The summed E-state index contributed by atoms with van der Waals surface area (Å²) in [4.78, 5) is 30.8. The monoisotopic (exact) mass is 423 g/mol. The molecule has 0 aliphatic carbocycles. The molecule has 8 heteroatoms. The number of carbonyl (C=O) groups excluding carboxylic acids is 2. The van der Waals surface area contributed by atoms with Crippen molar-refractivity contribution in [2.75, 3.05) is 13.6 Å². The van der Waals surface area contributed by atoms with E-state index in [1.54, 1.807) is 24.1 Å². The van der Waals surface area contributed by atoms with Gasteiger partial charge in [-0.3, -0.25) is 9.69 Å². The van der Waals surface area contributed by atoms with E-state index in [0.717, 1.165) is 17.3 Å². The summed E-state index contributed by atoms with van der Waals surface area (Å²) in [5.41, 5.74) is 0.847. The molecule has 0 spiro atoms. The fourth-order valence-electron chi connectivity index (χ4n) is 3.03. The van der Waals surface area contributed by atoms with Crippen molar-refractivity contribution in [3.8, 4) is 0 Å². The number of nitrogens with zero attached hydrogens (tertiary/aromatic N) is 2. The van der Waals surface area contributed by atoms with Crippen molar-refractivity contribution < 1.29 is 18.7 Å². The Kier molecular flexibility index (Phi) is 4.96. The van der Waals surface area contributed by atoms with E-state index in [-0.39, 0.29) is 18.0 Å². The van der Waals surface area contributed by atoms with Crippen LogP contribution in [0.2, 0.25) is 0 Å². The number of halogens is 1. The van der Waals surface area contributed by atoms with E-state index in [4.69, 9.17) is 9.15 Å². The number of amides is 2. The van der Waals surface area contributed by atoms with Gasteiger partial charge in [0.2, 0.25) is 5.89 Å². The lowest BCUT2D eigenvalue weighted by Crippen LogP contribution is -2.36. The Morgan fingerprint density at radius 1 is 1.38 bits per heavy atom. The number of fused-ring (bicyclic) bond motifs is 1. The van der Waals surface area contributed by atoms with Gasteiger partial charge in [0.1, 0.15) is 17.2 Å². The van der Waals surface area contributed by atoms with Crippen LogP contribution < -0.4 is 5.32 Å². The van der Waals surface area contributed by atoms with Crippen molar-refractivity contribution in [1.29, 1.82) is 0 Å². The van der Waals surface area contributed by atoms with Gasteiger partial charge in [0.25, 0.3) is 5.91 Å². The van der Waals surface area contributed by atoms with E-state index in [1.165, 1.54) is 0 Å². The van der Waals surface area contributed by atoms with Gasteiger partial charge >= 0.3 is 6.09 Å². The Balaban J connectivity index is 1.97. The Hall–Kier alpha value is -2.09. The van der Waals surface area contributed by atoms with Gasteiger partial charge in [-0.2, -0.15) is 0 Å². The number of rotatable bonds is 2. The second-order valence-electron chi connectivity index (χ2n) is 7.26. The van der Waals surface area contributed by atoms with Crippen LogP contribution in [0.25, 0.3) is 11.1 Å². The highest BCUT2D eigenvalue weighted by Gasteiger charge is 2.36. The minimum absolute atomic E-state index is 0.244. The number of likely N-dealkylation sites (tertiary alicyclic amines) is 1. The maximum atomic E-state index is 12.5. The summed E-state index contributed by atoms with van der Waals surface area (Å²) in [7, 11) is 1.57. The molecule has 0 unspecified atom stereocenters. The van der Waals surface area contributed by atoms with Crippen LogP contribution in [-0.2, 0) is 4.74 Å². The lowest BCUT2D eigenvalue weighted by Gasteiger charge is -2.27. The first-order valence-electron chi connectivity index (χ1n) is 8.51. The van der Waals surface area contributed by atoms with Gasteiger partial charge in [-0.05, 0) is 45.7 Å². The molecule has 2 heterocycles. The van der Waals surface area contributed by atoms with Crippen LogP contribution in [0.1, 0.15) is 55.9 Å². The summed E-state index contributed by atoms with van der Waals surface area (Å²) in [6, 6.07) is 3.17. The molecule has 3 rings (SSSR count). The molecule has 1 N–H and O–H groups in total. The molecule has 1 aromatic heterocycles. The SMILES string of the molecule is CNC(=O)c1cc(Br)cc2oc([C@@H]3CCCN3C(=O)OC(C)(C)C)nc12. The molecule has 1 fully saturated rings. The number of hydrogen-bond donors (Lipinski definition) is 1. The first-order valence-corrected chi connectivity index (χ1v) is 9.30. The van der Waals surface area contributed by atoms with Gasteiger partial charge in [0.05, 0.1) is 5.56 Å². The number of oxazole rings is 1. The molecule has 140 valence electrons. The number of aromatic nitrogens is 1. The normalized spacial score (nSPS) is 17.6. The van der Waals surface area contributed by atoms with Crippen LogP contribution in [0, 0.1) is 0 Å². The van der Waals surface area contributed by atoms with Crippen molar-refractivity contribution in [1.82, 2.24) is 15.2 Å². The fraction of sp³-hybridized carbons (Fsp3) is 0.500. The molecular weight excluding hydrogens is 402 g/mol. The average Bonchev–Trinajstić information content (AvgIpc) is 3.17. The molecular formula is C18H22BrN3O4. The maximum absolute atomic E-state index is 12.5. The summed E-state index contributed by atoms with van der Waals surface area (Å²) < 4.78 is 12.1. The number of nitrogens with one attached hydrogen (secondary N) is 1. The van der Waals surface area contributed by atoms with Crippen molar-refractivity contribution in [2.45, 2.75) is 45.3 Å². The molecule has 2 aromatic rings. The molecule has 7 nitrogen and oxygen atoms in total. The summed E-state index contributed by atoms with van der Waals surface area (Å²) in [5, 5.41) is 2.61. The van der Waals surface area contributed by atoms with Crippen LogP contribution >= 0.6 is 15.9 Å². The summed E-state index contributed by atoms with van der Waals surface area (Å²) in [5.74, 6) is 0.179. The third-order valence-corrected chi connectivity index (χ3v) is 4.57. The molecule has 0 radical (unpaired) electrons.